The minimum atomic E-state index is -0.326. The molecule has 200 valence electrons. The fraction of sp³-hybridized carbons (Fsp3) is 0.867. The van der Waals surface area contributed by atoms with Crippen LogP contribution in [0.5, 0.6) is 0 Å². The summed E-state index contributed by atoms with van der Waals surface area (Å²) in [5.41, 5.74) is 0. The summed E-state index contributed by atoms with van der Waals surface area (Å²) in [6, 6.07) is 0. The van der Waals surface area contributed by atoms with Crippen LogP contribution in [0, 0.1) is 0 Å². The molecule has 0 bridgehead atoms. The predicted molar refractivity (Wildman–Crippen MR) is 152 cm³/mol. The van der Waals surface area contributed by atoms with E-state index in [0.29, 0.717) is 18.3 Å². The summed E-state index contributed by atoms with van der Waals surface area (Å²) in [7, 11) is 0. The number of hydrogen-bond acceptors (Lipinski definition) is 4. The molecule has 0 aromatic rings. The van der Waals surface area contributed by atoms with E-state index in [1.54, 1.807) is 6.08 Å². The van der Waals surface area contributed by atoms with Gasteiger partial charge in [0.25, 0.3) is 0 Å². The molecule has 0 aromatic carbocycles. The molecule has 0 radical (unpaired) electrons. The lowest BCUT2D eigenvalue weighted by atomic mass is 10.1. The van der Waals surface area contributed by atoms with E-state index in [4.69, 9.17) is 21.7 Å². The standard InChI is InChI=1S/C30H56O3S/c1-3-5-7-9-11-13-15-17-19-21-23-27-32-29(31)25-26-30(34)33-28-24-22-20-18-16-14-12-10-8-6-4-2/h25-26H,3-24,27-28H2,1-2H3. The van der Waals surface area contributed by atoms with Crippen LogP contribution in [-0.2, 0) is 14.3 Å². The first-order chi connectivity index (χ1) is 16.7. The lowest BCUT2D eigenvalue weighted by molar-refractivity contribution is -0.137. The van der Waals surface area contributed by atoms with Gasteiger partial charge in [-0.3, -0.25) is 0 Å². The van der Waals surface area contributed by atoms with E-state index in [0.717, 1.165) is 19.3 Å². The highest BCUT2D eigenvalue weighted by molar-refractivity contribution is 7.80. The molecule has 34 heavy (non-hydrogen) atoms. The van der Waals surface area contributed by atoms with Gasteiger partial charge in [0, 0.05) is 6.08 Å². The predicted octanol–water partition coefficient (Wildman–Crippen LogP) is 10.1. The second kappa shape index (κ2) is 28.3. The van der Waals surface area contributed by atoms with Gasteiger partial charge in [0.1, 0.15) is 0 Å². The van der Waals surface area contributed by atoms with E-state index in [-0.39, 0.29) is 5.97 Å². The van der Waals surface area contributed by atoms with Gasteiger partial charge >= 0.3 is 5.97 Å². The third-order valence-corrected chi connectivity index (χ3v) is 6.59. The quantitative estimate of drug-likeness (QED) is 0.0516. The highest BCUT2D eigenvalue weighted by atomic mass is 32.1. The van der Waals surface area contributed by atoms with Gasteiger partial charge < -0.3 is 9.47 Å². The Balaban J connectivity index is 3.38. The Morgan fingerprint density at radius 2 is 0.824 bits per heavy atom. The van der Waals surface area contributed by atoms with Crippen LogP contribution in [0.3, 0.4) is 0 Å². The monoisotopic (exact) mass is 496 g/mol. The number of carbonyl (C=O) groups is 1. The summed E-state index contributed by atoms with van der Waals surface area (Å²) >= 11 is 5.17. The van der Waals surface area contributed by atoms with Gasteiger partial charge in [-0.25, -0.2) is 4.79 Å². The van der Waals surface area contributed by atoms with Gasteiger partial charge in [-0.05, 0) is 31.1 Å². The smallest absolute Gasteiger partial charge is 0.330 e. The Morgan fingerprint density at radius 1 is 0.500 bits per heavy atom. The van der Waals surface area contributed by atoms with E-state index in [9.17, 15) is 4.79 Å². The Morgan fingerprint density at radius 3 is 1.21 bits per heavy atom. The molecule has 3 nitrogen and oxygen atoms in total. The maximum atomic E-state index is 11.8. The maximum Gasteiger partial charge on any atom is 0.330 e. The van der Waals surface area contributed by atoms with E-state index < -0.39 is 0 Å². The van der Waals surface area contributed by atoms with Crippen molar-refractivity contribution in [2.45, 2.75) is 155 Å². The largest absolute Gasteiger partial charge is 0.483 e. The molecule has 0 aliphatic carbocycles. The van der Waals surface area contributed by atoms with Gasteiger partial charge in [0.05, 0.1) is 13.2 Å². The van der Waals surface area contributed by atoms with Crippen LogP contribution in [-0.4, -0.2) is 24.2 Å². The van der Waals surface area contributed by atoms with Crippen LogP contribution < -0.4 is 0 Å². The minimum absolute atomic E-state index is 0.326. The van der Waals surface area contributed by atoms with Crippen molar-refractivity contribution in [3.05, 3.63) is 12.2 Å². The minimum Gasteiger partial charge on any atom is -0.483 e. The van der Waals surface area contributed by atoms with Gasteiger partial charge in [0.2, 0.25) is 0 Å². The molecule has 0 N–H and O–H groups in total. The number of rotatable bonds is 26. The molecule has 0 atom stereocenters. The van der Waals surface area contributed by atoms with Gasteiger partial charge in [-0.1, -0.05) is 142 Å². The first kappa shape index (κ1) is 33.1. The van der Waals surface area contributed by atoms with Crippen molar-refractivity contribution in [2.75, 3.05) is 13.2 Å². The first-order valence-electron chi connectivity index (χ1n) is 14.7. The number of ether oxygens (including phenoxy) is 2. The molecule has 0 aromatic heterocycles. The van der Waals surface area contributed by atoms with E-state index in [1.165, 1.54) is 128 Å². The number of hydrogen-bond donors (Lipinski definition) is 0. The Kier molecular flexibility index (Phi) is 27.6. The van der Waals surface area contributed by atoms with E-state index in [1.807, 2.05) is 0 Å². The van der Waals surface area contributed by atoms with Crippen LogP contribution in [0.25, 0.3) is 0 Å². The number of unbranched alkanes of at least 4 members (excludes halogenated alkanes) is 20. The molecule has 0 aliphatic rings. The van der Waals surface area contributed by atoms with E-state index in [2.05, 4.69) is 13.8 Å². The molecule has 0 spiro atoms. The van der Waals surface area contributed by atoms with Crippen molar-refractivity contribution in [1.29, 1.82) is 0 Å². The van der Waals surface area contributed by atoms with Crippen molar-refractivity contribution in [3.8, 4) is 0 Å². The molecule has 0 unspecified atom stereocenters. The molecule has 0 amide bonds. The Bertz CT molecular complexity index is 434. The SMILES string of the molecule is CCCCCCCCCCCCCOC(=O)C=CC(=S)OCCCCCCCCCCCCC. The van der Waals surface area contributed by atoms with E-state index >= 15 is 0 Å². The van der Waals surface area contributed by atoms with Crippen LogP contribution in [0.2, 0.25) is 0 Å². The topological polar surface area (TPSA) is 35.5 Å². The van der Waals surface area contributed by atoms with Gasteiger partial charge in [-0.15, -0.1) is 0 Å². The highest BCUT2D eigenvalue weighted by Crippen LogP contribution is 2.12. The zero-order chi connectivity index (χ0) is 25.0. The van der Waals surface area contributed by atoms with Crippen molar-refractivity contribution in [1.82, 2.24) is 0 Å². The summed E-state index contributed by atoms with van der Waals surface area (Å²) in [6.07, 6.45) is 31.6. The van der Waals surface area contributed by atoms with Gasteiger partial charge in [0.15, 0.2) is 5.05 Å². The lowest BCUT2D eigenvalue weighted by Crippen LogP contribution is -2.05. The molecular weight excluding hydrogens is 440 g/mol. The maximum absolute atomic E-state index is 11.8. The molecule has 0 heterocycles. The summed E-state index contributed by atoms with van der Waals surface area (Å²) in [4.78, 5) is 11.8. The Labute approximate surface area is 217 Å². The van der Waals surface area contributed by atoms with Crippen molar-refractivity contribution in [2.24, 2.45) is 0 Å². The molecule has 0 saturated heterocycles. The number of carbonyl (C=O) groups excluding carboxylic acids is 1. The van der Waals surface area contributed by atoms with Gasteiger partial charge in [-0.2, -0.15) is 0 Å². The molecule has 0 saturated carbocycles. The van der Waals surface area contributed by atoms with Crippen LogP contribution >= 0.6 is 12.2 Å². The Hall–Kier alpha value is -0.900. The van der Waals surface area contributed by atoms with Crippen LogP contribution in [0.1, 0.15) is 155 Å². The van der Waals surface area contributed by atoms with Crippen molar-refractivity contribution < 1.29 is 14.3 Å². The molecule has 4 heteroatoms. The third-order valence-electron chi connectivity index (χ3n) is 6.34. The summed E-state index contributed by atoms with van der Waals surface area (Å²) in [5.74, 6) is -0.326. The zero-order valence-corrected chi connectivity index (χ0v) is 23.6. The molecular formula is C30H56O3S. The fourth-order valence-corrected chi connectivity index (χ4v) is 4.26. The third kappa shape index (κ3) is 27.3. The van der Waals surface area contributed by atoms with Crippen LogP contribution in [0.4, 0.5) is 0 Å². The second-order valence-corrected chi connectivity index (χ2v) is 10.1. The highest BCUT2D eigenvalue weighted by Gasteiger charge is 2.00. The summed E-state index contributed by atoms with van der Waals surface area (Å²) < 4.78 is 10.8. The number of esters is 1. The second-order valence-electron chi connectivity index (χ2n) is 9.74. The lowest BCUT2D eigenvalue weighted by Gasteiger charge is -2.05. The summed E-state index contributed by atoms with van der Waals surface area (Å²) in [6.45, 7) is 5.65. The molecule has 0 aliphatic heterocycles. The fourth-order valence-electron chi connectivity index (χ4n) is 4.11. The van der Waals surface area contributed by atoms with Crippen molar-refractivity contribution >= 4 is 23.2 Å². The average molecular weight is 497 g/mol. The zero-order valence-electron chi connectivity index (χ0n) is 22.8. The molecule has 0 fully saturated rings. The first-order valence-corrected chi connectivity index (χ1v) is 15.1. The molecule has 0 rings (SSSR count). The number of thiocarbonyl (C=S) groups is 1. The average Bonchev–Trinajstić information content (AvgIpc) is 2.84. The van der Waals surface area contributed by atoms with Crippen molar-refractivity contribution in [3.63, 3.8) is 0 Å². The van der Waals surface area contributed by atoms with Crippen LogP contribution in [0.15, 0.2) is 12.2 Å². The normalized spacial score (nSPS) is 11.2. The summed E-state index contributed by atoms with van der Waals surface area (Å²) in [5, 5.41) is 0.374.